The van der Waals surface area contributed by atoms with Gasteiger partial charge in [0.05, 0.1) is 5.84 Å². The Balaban J connectivity index is 1.76. The fourth-order valence-electron chi connectivity index (χ4n) is 3.42. The summed E-state index contributed by atoms with van der Waals surface area (Å²) >= 11 is 0. The lowest BCUT2D eigenvalue weighted by atomic mass is 9.87. The molecular weight excluding hydrogens is 222 g/mol. The SMILES string of the molecule is CN1CCC(CN(C)C(=N)C2CCCCC2)CC1. The van der Waals surface area contributed by atoms with E-state index in [1.54, 1.807) is 0 Å². The van der Waals surface area contributed by atoms with Crippen molar-refractivity contribution in [1.29, 1.82) is 5.41 Å². The molecular formula is C15H29N3. The Kier molecular flexibility index (Phi) is 5.04. The van der Waals surface area contributed by atoms with Crippen molar-refractivity contribution in [2.75, 3.05) is 33.7 Å². The number of nitrogens with zero attached hydrogens (tertiary/aromatic N) is 2. The van der Waals surface area contributed by atoms with E-state index < -0.39 is 0 Å². The lowest BCUT2D eigenvalue weighted by Gasteiger charge is -2.35. The molecule has 0 aromatic heterocycles. The van der Waals surface area contributed by atoms with Crippen molar-refractivity contribution >= 4 is 5.84 Å². The first-order valence-electron chi connectivity index (χ1n) is 7.65. The molecule has 0 amide bonds. The molecule has 2 fully saturated rings. The summed E-state index contributed by atoms with van der Waals surface area (Å²) in [5.41, 5.74) is 0. The number of amidine groups is 1. The Morgan fingerprint density at radius 2 is 1.72 bits per heavy atom. The molecule has 0 spiro atoms. The van der Waals surface area contributed by atoms with E-state index in [9.17, 15) is 0 Å². The fourth-order valence-corrected chi connectivity index (χ4v) is 3.42. The van der Waals surface area contributed by atoms with Gasteiger partial charge in [0.1, 0.15) is 0 Å². The van der Waals surface area contributed by atoms with Gasteiger partial charge in [-0.15, -0.1) is 0 Å². The van der Waals surface area contributed by atoms with Crippen LogP contribution >= 0.6 is 0 Å². The Morgan fingerprint density at radius 1 is 1.11 bits per heavy atom. The van der Waals surface area contributed by atoms with Gasteiger partial charge in [0.25, 0.3) is 0 Å². The second-order valence-corrected chi connectivity index (χ2v) is 6.35. The molecule has 18 heavy (non-hydrogen) atoms. The van der Waals surface area contributed by atoms with Crippen LogP contribution in [0.25, 0.3) is 0 Å². The number of nitrogens with one attached hydrogen (secondary N) is 1. The lowest BCUT2D eigenvalue weighted by molar-refractivity contribution is 0.197. The van der Waals surface area contributed by atoms with Crippen LogP contribution in [-0.2, 0) is 0 Å². The summed E-state index contributed by atoms with van der Waals surface area (Å²) in [6.07, 6.45) is 9.14. The smallest absolute Gasteiger partial charge is 0.0986 e. The van der Waals surface area contributed by atoms with Gasteiger partial charge in [0.2, 0.25) is 0 Å². The molecule has 0 bridgehead atoms. The number of rotatable bonds is 3. The van der Waals surface area contributed by atoms with Gasteiger partial charge in [0.15, 0.2) is 0 Å². The first-order valence-corrected chi connectivity index (χ1v) is 7.65. The van der Waals surface area contributed by atoms with E-state index in [0.717, 1.165) is 18.3 Å². The number of likely N-dealkylation sites (tertiary alicyclic amines) is 1. The van der Waals surface area contributed by atoms with E-state index in [4.69, 9.17) is 5.41 Å². The zero-order valence-corrected chi connectivity index (χ0v) is 12.1. The summed E-state index contributed by atoms with van der Waals surface area (Å²) in [5, 5.41) is 8.36. The third-order valence-corrected chi connectivity index (χ3v) is 4.77. The van der Waals surface area contributed by atoms with Crippen molar-refractivity contribution in [3.05, 3.63) is 0 Å². The molecule has 1 saturated carbocycles. The predicted molar refractivity (Wildman–Crippen MR) is 77.2 cm³/mol. The van der Waals surface area contributed by atoms with Crippen LogP contribution in [0.2, 0.25) is 0 Å². The summed E-state index contributed by atoms with van der Waals surface area (Å²) in [4.78, 5) is 4.66. The quantitative estimate of drug-likeness (QED) is 0.617. The number of piperidine rings is 1. The van der Waals surface area contributed by atoms with Crippen LogP contribution in [0.15, 0.2) is 0 Å². The minimum atomic E-state index is 0.551. The second-order valence-electron chi connectivity index (χ2n) is 6.35. The Labute approximate surface area is 112 Å². The summed E-state index contributed by atoms with van der Waals surface area (Å²) in [6, 6.07) is 0. The normalized spacial score (nSPS) is 24.1. The highest BCUT2D eigenvalue weighted by molar-refractivity contribution is 5.81. The third-order valence-electron chi connectivity index (χ3n) is 4.77. The van der Waals surface area contributed by atoms with Gasteiger partial charge < -0.3 is 9.80 Å². The Bertz CT molecular complexity index is 263. The maximum Gasteiger partial charge on any atom is 0.0986 e. The van der Waals surface area contributed by atoms with E-state index in [1.165, 1.54) is 58.0 Å². The molecule has 3 heteroatoms. The average molecular weight is 251 g/mol. The molecule has 2 aliphatic rings. The van der Waals surface area contributed by atoms with Crippen LogP contribution in [0.3, 0.4) is 0 Å². The van der Waals surface area contributed by atoms with Crippen LogP contribution in [0.5, 0.6) is 0 Å². The average Bonchev–Trinajstić information content (AvgIpc) is 2.41. The summed E-state index contributed by atoms with van der Waals surface area (Å²) < 4.78 is 0. The molecule has 0 unspecified atom stereocenters. The van der Waals surface area contributed by atoms with Gasteiger partial charge in [-0.25, -0.2) is 0 Å². The monoisotopic (exact) mass is 251 g/mol. The molecule has 1 aliphatic carbocycles. The largest absolute Gasteiger partial charge is 0.363 e. The van der Waals surface area contributed by atoms with Gasteiger partial charge in [-0.2, -0.15) is 0 Å². The molecule has 0 aromatic carbocycles. The molecule has 0 atom stereocenters. The van der Waals surface area contributed by atoms with E-state index in [0.29, 0.717) is 5.92 Å². The van der Waals surface area contributed by atoms with E-state index in [2.05, 4.69) is 23.9 Å². The zero-order valence-electron chi connectivity index (χ0n) is 12.1. The van der Waals surface area contributed by atoms with Gasteiger partial charge in [-0.3, -0.25) is 5.41 Å². The Morgan fingerprint density at radius 3 is 2.33 bits per heavy atom. The second kappa shape index (κ2) is 6.55. The van der Waals surface area contributed by atoms with Crippen molar-refractivity contribution in [2.24, 2.45) is 11.8 Å². The highest BCUT2D eigenvalue weighted by Crippen LogP contribution is 2.26. The minimum Gasteiger partial charge on any atom is -0.363 e. The van der Waals surface area contributed by atoms with E-state index in [-0.39, 0.29) is 0 Å². The summed E-state index contributed by atoms with van der Waals surface area (Å²) in [6.45, 7) is 3.56. The standard InChI is InChI=1S/C15H29N3/c1-17-10-8-13(9-11-17)12-18(2)15(16)14-6-4-3-5-7-14/h13-14,16H,3-12H2,1-2H3. The van der Waals surface area contributed by atoms with Crippen LogP contribution in [-0.4, -0.2) is 49.4 Å². The first-order chi connectivity index (χ1) is 8.66. The molecule has 1 heterocycles. The number of hydrogen-bond acceptors (Lipinski definition) is 2. The molecule has 0 aromatic rings. The van der Waals surface area contributed by atoms with Gasteiger partial charge in [0, 0.05) is 19.5 Å². The first kappa shape index (κ1) is 13.9. The van der Waals surface area contributed by atoms with Crippen molar-refractivity contribution in [2.45, 2.75) is 44.9 Å². The van der Waals surface area contributed by atoms with Gasteiger partial charge >= 0.3 is 0 Å². The molecule has 2 rings (SSSR count). The zero-order chi connectivity index (χ0) is 13.0. The maximum absolute atomic E-state index is 8.36. The highest BCUT2D eigenvalue weighted by Gasteiger charge is 2.24. The summed E-state index contributed by atoms with van der Waals surface area (Å²) in [7, 11) is 4.35. The lowest BCUT2D eigenvalue weighted by Crippen LogP contribution is -2.40. The molecule has 104 valence electrons. The van der Waals surface area contributed by atoms with E-state index >= 15 is 0 Å². The topological polar surface area (TPSA) is 30.3 Å². The minimum absolute atomic E-state index is 0.551. The van der Waals surface area contributed by atoms with E-state index in [1.807, 2.05) is 0 Å². The van der Waals surface area contributed by atoms with Crippen LogP contribution in [0.1, 0.15) is 44.9 Å². The van der Waals surface area contributed by atoms with Crippen molar-refractivity contribution in [1.82, 2.24) is 9.80 Å². The molecule has 1 N–H and O–H groups in total. The maximum atomic E-state index is 8.36. The Hall–Kier alpha value is -0.570. The van der Waals surface area contributed by atoms with Gasteiger partial charge in [-0.1, -0.05) is 19.3 Å². The molecule has 1 saturated heterocycles. The number of hydrogen-bond donors (Lipinski definition) is 1. The third kappa shape index (κ3) is 3.71. The molecule has 0 radical (unpaired) electrons. The predicted octanol–water partition coefficient (Wildman–Crippen LogP) is 2.82. The van der Waals surface area contributed by atoms with Crippen molar-refractivity contribution in [3.8, 4) is 0 Å². The van der Waals surface area contributed by atoms with Gasteiger partial charge in [-0.05, 0) is 51.7 Å². The van der Waals surface area contributed by atoms with Crippen LogP contribution < -0.4 is 0 Å². The summed E-state index contributed by atoms with van der Waals surface area (Å²) in [5.74, 6) is 2.26. The highest BCUT2D eigenvalue weighted by atomic mass is 15.2. The van der Waals surface area contributed by atoms with Crippen molar-refractivity contribution < 1.29 is 0 Å². The molecule has 3 nitrogen and oxygen atoms in total. The van der Waals surface area contributed by atoms with Crippen LogP contribution in [0.4, 0.5) is 0 Å². The van der Waals surface area contributed by atoms with Crippen molar-refractivity contribution in [3.63, 3.8) is 0 Å². The fraction of sp³-hybridized carbons (Fsp3) is 0.933. The van der Waals surface area contributed by atoms with Crippen LogP contribution in [0, 0.1) is 17.2 Å². The molecule has 1 aliphatic heterocycles.